The molecule has 32 heavy (non-hydrogen) atoms. The van der Waals surface area contributed by atoms with Crippen molar-refractivity contribution in [2.75, 3.05) is 13.6 Å². The van der Waals surface area contributed by atoms with Crippen LogP contribution in [-0.4, -0.2) is 24.5 Å². The highest BCUT2D eigenvalue weighted by atomic mass is 15.1. The molecule has 1 unspecified atom stereocenters. The predicted octanol–water partition coefficient (Wildman–Crippen LogP) is 10.7. The third-order valence-electron chi connectivity index (χ3n) is 7.00. The summed E-state index contributed by atoms with van der Waals surface area (Å²) in [6.45, 7) is 8.08. The van der Waals surface area contributed by atoms with Gasteiger partial charge in [-0.05, 0) is 52.1 Å². The second-order valence-corrected chi connectivity index (χ2v) is 10.0. The summed E-state index contributed by atoms with van der Waals surface area (Å²) in [5.74, 6) is 0. The van der Waals surface area contributed by atoms with E-state index in [0.717, 1.165) is 12.5 Å². The van der Waals surface area contributed by atoms with Crippen LogP contribution < -0.4 is 0 Å². The van der Waals surface area contributed by atoms with Crippen molar-refractivity contribution in [2.45, 2.75) is 162 Å². The fourth-order valence-electron chi connectivity index (χ4n) is 4.54. The number of nitrogens with zero attached hydrogens (tertiary/aromatic N) is 1. The second kappa shape index (κ2) is 26.7. The van der Waals surface area contributed by atoms with Crippen LogP contribution in [0.15, 0.2) is 24.3 Å². The van der Waals surface area contributed by atoms with Gasteiger partial charge in [0.2, 0.25) is 0 Å². The highest BCUT2D eigenvalue weighted by Gasteiger charge is 2.12. The highest BCUT2D eigenvalue weighted by Crippen LogP contribution is 2.18. The molecule has 0 fully saturated rings. The van der Waals surface area contributed by atoms with E-state index < -0.39 is 0 Å². The largest absolute Gasteiger partial charge is 0.304 e. The summed E-state index contributed by atoms with van der Waals surface area (Å²) in [7, 11) is 2.34. The number of hydrogen-bond donors (Lipinski definition) is 0. The van der Waals surface area contributed by atoms with Crippen molar-refractivity contribution >= 4 is 0 Å². The molecule has 0 bridgehead atoms. The molecule has 1 atom stereocenters. The molecule has 1 nitrogen and oxygen atoms in total. The van der Waals surface area contributed by atoms with Crippen molar-refractivity contribution in [1.29, 1.82) is 0 Å². The fourth-order valence-corrected chi connectivity index (χ4v) is 4.54. The van der Waals surface area contributed by atoms with Crippen LogP contribution in [0.4, 0.5) is 0 Å². The van der Waals surface area contributed by atoms with Crippen molar-refractivity contribution in [3.63, 3.8) is 0 Å². The monoisotopic (exact) mass is 447 g/mol. The van der Waals surface area contributed by atoms with Gasteiger partial charge >= 0.3 is 0 Å². The van der Waals surface area contributed by atoms with E-state index in [0.29, 0.717) is 0 Å². The summed E-state index contributed by atoms with van der Waals surface area (Å²) < 4.78 is 0. The van der Waals surface area contributed by atoms with E-state index in [9.17, 15) is 0 Å². The molecule has 0 saturated carbocycles. The van der Waals surface area contributed by atoms with Gasteiger partial charge in [-0.15, -0.1) is 0 Å². The lowest BCUT2D eigenvalue weighted by Crippen LogP contribution is -2.31. The van der Waals surface area contributed by atoms with E-state index in [4.69, 9.17) is 0 Å². The molecule has 1 heteroatoms. The molecule has 0 rings (SSSR count). The van der Waals surface area contributed by atoms with Crippen LogP contribution in [0.5, 0.6) is 0 Å². The number of hydrogen-bond acceptors (Lipinski definition) is 1. The summed E-state index contributed by atoms with van der Waals surface area (Å²) in [6, 6.07) is 0.823. The molecule has 0 heterocycles. The molecule has 0 aliphatic heterocycles. The molecule has 0 radical (unpaired) electrons. The van der Waals surface area contributed by atoms with E-state index in [2.05, 4.69) is 57.0 Å². The number of rotatable bonds is 25. The van der Waals surface area contributed by atoms with Crippen LogP contribution in [0.2, 0.25) is 0 Å². The summed E-state index contributed by atoms with van der Waals surface area (Å²) in [4.78, 5) is 2.60. The van der Waals surface area contributed by atoms with E-state index >= 15 is 0 Å². The van der Waals surface area contributed by atoms with Crippen molar-refractivity contribution < 1.29 is 0 Å². The van der Waals surface area contributed by atoms with Gasteiger partial charge in [0.05, 0.1) is 0 Å². The minimum Gasteiger partial charge on any atom is -0.304 e. The Labute approximate surface area is 204 Å². The second-order valence-electron chi connectivity index (χ2n) is 10.0. The lowest BCUT2D eigenvalue weighted by Gasteiger charge is -2.27. The molecule has 0 aromatic rings. The maximum absolute atomic E-state index is 2.60. The number of allylic oxidation sites excluding steroid dienone is 4. The van der Waals surface area contributed by atoms with Gasteiger partial charge in [-0.2, -0.15) is 0 Å². The van der Waals surface area contributed by atoms with Gasteiger partial charge in [0.15, 0.2) is 0 Å². The molecule has 0 aromatic carbocycles. The zero-order valence-corrected chi connectivity index (χ0v) is 22.9. The van der Waals surface area contributed by atoms with Crippen LogP contribution in [0.25, 0.3) is 0 Å². The quantitative estimate of drug-likeness (QED) is 0.0993. The van der Waals surface area contributed by atoms with Crippen molar-refractivity contribution in [3.05, 3.63) is 24.3 Å². The van der Waals surface area contributed by atoms with Gasteiger partial charge in [0.25, 0.3) is 0 Å². The van der Waals surface area contributed by atoms with E-state index in [1.165, 1.54) is 135 Å². The first-order chi connectivity index (χ1) is 15.8. The standard InChI is InChI=1S/C31H61N/c1-5-8-10-12-14-15-16-17-18-19-20-21-22-24-26-28-30-31(32(4)7-3)29-27-25-23-13-11-9-6-2/h12,14,16-17,31H,5-11,13,15,18-30H2,1-4H3/b14-12-,17-16-. The van der Waals surface area contributed by atoms with Gasteiger partial charge in [0.1, 0.15) is 0 Å². The first-order valence-corrected chi connectivity index (χ1v) is 14.8. The van der Waals surface area contributed by atoms with E-state index in [1.807, 2.05) is 0 Å². The zero-order valence-electron chi connectivity index (χ0n) is 22.9. The van der Waals surface area contributed by atoms with Crippen molar-refractivity contribution in [1.82, 2.24) is 4.90 Å². The molecule has 0 amide bonds. The average molecular weight is 448 g/mol. The molecule has 190 valence electrons. The van der Waals surface area contributed by atoms with Crippen LogP contribution in [0, 0.1) is 0 Å². The van der Waals surface area contributed by atoms with Gasteiger partial charge in [0, 0.05) is 6.04 Å². The molecule has 0 aliphatic carbocycles. The minimum atomic E-state index is 0.823. The third-order valence-corrected chi connectivity index (χ3v) is 7.00. The van der Waals surface area contributed by atoms with Gasteiger partial charge in [-0.25, -0.2) is 0 Å². The zero-order chi connectivity index (χ0) is 23.5. The Morgan fingerprint density at radius 1 is 0.500 bits per heavy atom. The van der Waals surface area contributed by atoms with Crippen molar-refractivity contribution in [2.24, 2.45) is 0 Å². The molecular formula is C31H61N. The predicted molar refractivity (Wildman–Crippen MR) is 149 cm³/mol. The summed E-state index contributed by atoms with van der Waals surface area (Å²) in [5.41, 5.74) is 0. The number of unbranched alkanes of at least 4 members (excludes halogenated alkanes) is 15. The van der Waals surface area contributed by atoms with Crippen LogP contribution >= 0.6 is 0 Å². The Morgan fingerprint density at radius 3 is 1.44 bits per heavy atom. The summed E-state index contributed by atoms with van der Waals surface area (Å²) >= 11 is 0. The van der Waals surface area contributed by atoms with Crippen LogP contribution in [-0.2, 0) is 0 Å². The molecule has 0 spiro atoms. The SMILES string of the molecule is CCCC/C=C\C/C=C\CCCCCCCCCC(CCCCCCCCC)N(C)CC. The Kier molecular flexibility index (Phi) is 26.2. The third kappa shape index (κ3) is 22.6. The Balaban J connectivity index is 3.57. The van der Waals surface area contributed by atoms with E-state index in [1.54, 1.807) is 0 Å². The first kappa shape index (κ1) is 31.4. The van der Waals surface area contributed by atoms with Crippen LogP contribution in [0.3, 0.4) is 0 Å². The average Bonchev–Trinajstić information content (AvgIpc) is 2.81. The van der Waals surface area contributed by atoms with E-state index in [-0.39, 0.29) is 0 Å². The van der Waals surface area contributed by atoms with Crippen molar-refractivity contribution in [3.8, 4) is 0 Å². The minimum absolute atomic E-state index is 0.823. The summed E-state index contributed by atoms with van der Waals surface area (Å²) in [5, 5.41) is 0. The van der Waals surface area contributed by atoms with Gasteiger partial charge < -0.3 is 4.90 Å². The Bertz CT molecular complexity index is 397. The molecule has 0 saturated heterocycles. The molecule has 0 aromatic heterocycles. The highest BCUT2D eigenvalue weighted by molar-refractivity contribution is 4.92. The molecule has 0 N–H and O–H groups in total. The Morgan fingerprint density at radius 2 is 0.938 bits per heavy atom. The smallest absolute Gasteiger partial charge is 0.00920 e. The van der Waals surface area contributed by atoms with Crippen LogP contribution in [0.1, 0.15) is 156 Å². The van der Waals surface area contributed by atoms with Gasteiger partial charge in [-0.1, -0.05) is 141 Å². The molecular weight excluding hydrogens is 386 g/mol. The lowest BCUT2D eigenvalue weighted by atomic mass is 9.99. The fraction of sp³-hybridized carbons (Fsp3) is 0.871. The van der Waals surface area contributed by atoms with Gasteiger partial charge in [-0.3, -0.25) is 0 Å². The topological polar surface area (TPSA) is 3.24 Å². The summed E-state index contributed by atoms with van der Waals surface area (Å²) in [6.07, 6.45) is 38.5. The maximum Gasteiger partial charge on any atom is 0.00920 e. The Hall–Kier alpha value is -0.560. The first-order valence-electron chi connectivity index (χ1n) is 14.8. The maximum atomic E-state index is 2.60. The lowest BCUT2D eigenvalue weighted by molar-refractivity contribution is 0.219. The molecule has 0 aliphatic rings. The normalized spacial score (nSPS) is 13.2.